The molecular formula is C9H22N2O2S. The van der Waals surface area contributed by atoms with Gasteiger partial charge in [0.2, 0.25) is 10.0 Å². The Morgan fingerprint density at radius 2 is 1.79 bits per heavy atom. The lowest BCUT2D eigenvalue weighted by Crippen LogP contribution is -2.27. The zero-order chi connectivity index (χ0) is 10.9. The van der Waals surface area contributed by atoms with Crippen LogP contribution in [0.25, 0.3) is 0 Å². The number of hydrogen-bond acceptors (Lipinski definition) is 3. The minimum Gasteiger partial charge on any atom is -0.317 e. The summed E-state index contributed by atoms with van der Waals surface area (Å²) in [5.74, 6) is 0.248. The molecule has 0 amide bonds. The standard InChI is InChI=1S/C9H22N2O2S/c1-3-7-11-14(12,13)9-6-5-8-10-4-2/h10-11H,3-9H2,1-2H3. The highest BCUT2D eigenvalue weighted by Gasteiger charge is 2.07. The Morgan fingerprint density at radius 3 is 2.36 bits per heavy atom. The molecule has 0 bridgehead atoms. The molecule has 14 heavy (non-hydrogen) atoms. The summed E-state index contributed by atoms with van der Waals surface area (Å²) in [5.41, 5.74) is 0. The maximum Gasteiger partial charge on any atom is 0.211 e. The first-order valence-electron chi connectivity index (χ1n) is 5.30. The molecule has 5 heteroatoms. The summed E-state index contributed by atoms with van der Waals surface area (Å²) in [5, 5.41) is 3.16. The molecule has 0 rings (SSSR count). The number of rotatable bonds is 9. The van der Waals surface area contributed by atoms with Gasteiger partial charge in [-0.05, 0) is 32.4 Å². The van der Waals surface area contributed by atoms with Crippen LogP contribution in [0, 0.1) is 0 Å². The SMILES string of the molecule is CCCNS(=O)(=O)CCCCNCC. The van der Waals surface area contributed by atoms with Crippen LogP contribution < -0.4 is 10.0 Å². The van der Waals surface area contributed by atoms with Crippen LogP contribution in [0.4, 0.5) is 0 Å². The molecule has 0 aromatic heterocycles. The Morgan fingerprint density at radius 1 is 1.07 bits per heavy atom. The van der Waals surface area contributed by atoms with Crippen LogP contribution in [0.3, 0.4) is 0 Å². The fourth-order valence-corrected chi connectivity index (χ4v) is 2.29. The van der Waals surface area contributed by atoms with Crippen molar-refractivity contribution in [1.29, 1.82) is 0 Å². The molecule has 0 saturated carbocycles. The van der Waals surface area contributed by atoms with Gasteiger partial charge >= 0.3 is 0 Å². The molecule has 0 heterocycles. The van der Waals surface area contributed by atoms with Gasteiger partial charge in [-0.25, -0.2) is 13.1 Å². The lowest BCUT2D eigenvalue weighted by atomic mass is 10.3. The minimum atomic E-state index is -3.01. The molecule has 0 saturated heterocycles. The first-order valence-corrected chi connectivity index (χ1v) is 6.95. The van der Waals surface area contributed by atoms with Crippen molar-refractivity contribution in [2.24, 2.45) is 0 Å². The van der Waals surface area contributed by atoms with Crippen LogP contribution in [-0.4, -0.2) is 33.8 Å². The van der Waals surface area contributed by atoms with Crippen molar-refractivity contribution < 1.29 is 8.42 Å². The summed E-state index contributed by atoms with van der Waals surface area (Å²) >= 11 is 0. The van der Waals surface area contributed by atoms with Crippen LogP contribution in [0.15, 0.2) is 0 Å². The third kappa shape index (κ3) is 8.47. The highest BCUT2D eigenvalue weighted by Crippen LogP contribution is 1.93. The van der Waals surface area contributed by atoms with E-state index in [1.807, 2.05) is 13.8 Å². The fraction of sp³-hybridized carbons (Fsp3) is 1.00. The van der Waals surface area contributed by atoms with Gasteiger partial charge in [0.05, 0.1) is 5.75 Å². The van der Waals surface area contributed by atoms with E-state index in [9.17, 15) is 8.42 Å². The van der Waals surface area contributed by atoms with Crippen LogP contribution in [-0.2, 0) is 10.0 Å². The minimum absolute atomic E-state index is 0.248. The van der Waals surface area contributed by atoms with Crippen molar-refractivity contribution in [1.82, 2.24) is 10.0 Å². The Balaban J connectivity index is 3.46. The molecule has 86 valence electrons. The molecule has 4 nitrogen and oxygen atoms in total. The van der Waals surface area contributed by atoms with E-state index in [2.05, 4.69) is 10.0 Å². The van der Waals surface area contributed by atoms with E-state index in [-0.39, 0.29) is 5.75 Å². The van der Waals surface area contributed by atoms with Crippen molar-refractivity contribution >= 4 is 10.0 Å². The second-order valence-corrected chi connectivity index (χ2v) is 5.20. The van der Waals surface area contributed by atoms with Crippen LogP contribution in [0.2, 0.25) is 0 Å². The first-order chi connectivity index (χ1) is 6.62. The Bertz CT molecular complexity index is 215. The Labute approximate surface area is 87.5 Å². The van der Waals surface area contributed by atoms with Crippen molar-refractivity contribution in [3.63, 3.8) is 0 Å². The van der Waals surface area contributed by atoms with E-state index in [1.54, 1.807) is 0 Å². The van der Waals surface area contributed by atoms with Crippen LogP contribution in [0.5, 0.6) is 0 Å². The van der Waals surface area contributed by atoms with Gasteiger partial charge in [-0.15, -0.1) is 0 Å². The first kappa shape index (κ1) is 13.9. The van der Waals surface area contributed by atoms with Gasteiger partial charge in [0.25, 0.3) is 0 Å². The number of nitrogens with one attached hydrogen (secondary N) is 2. The van der Waals surface area contributed by atoms with Crippen molar-refractivity contribution in [3.05, 3.63) is 0 Å². The van der Waals surface area contributed by atoms with E-state index in [0.717, 1.165) is 32.4 Å². The van der Waals surface area contributed by atoms with Gasteiger partial charge < -0.3 is 5.32 Å². The average Bonchev–Trinajstić information content (AvgIpc) is 2.15. The molecule has 0 unspecified atom stereocenters. The second-order valence-electron chi connectivity index (χ2n) is 3.27. The zero-order valence-electron chi connectivity index (χ0n) is 9.17. The van der Waals surface area contributed by atoms with Crippen molar-refractivity contribution in [2.75, 3.05) is 25.4 Å². The lowest BCUT2D eigenvalue weighted by Gasteiger charge is -2.05. The summed E-state index contributed by atoms with van der Waals surface area (Å²) in [6, 6.07) is 0. The summed E-state index contributed by atoms with van der Waals surface area (Å²) < 4.78 is 25.1. The van der Waals surface area contributed by atoms with Crippen LogP contribution in [0.1, 0.15) is 33.1 Å². The number of sulfonamides is 1. The van der Waals surface area contributed by atoms with Gasteiger partial charge in [-0.2, -0.15) is 0 Å². The molecule has 0 aliphatic rings. The molecule has 0 fully saturated rings. The highest BCUT2D eigenvalue weighted by atomic mass is 32.2. The average molecular weight is 222 g/mol. The van der Waals surface area contributed by atoms with E-state index >= 15 is 0 Å². The molecule has 0 aliphatic heterocycles. The largest absolute Gasteiger partial charge is 0.317 e. The number of hydrogen-bond donors (Lipinski definition) is 2. The molecule has 0 spiro atoms. The van der Waals surface area contributed by atoms with Crippen molar-refractivity contribution in [3.8, 4) is 0 Å². The molecular weight excluding hydrogens is 200 g/mol. The molecule has 2 N–H and O–H groups in total. The van der Waals surface area contributed by atoms with Gasteiger partial charge in [0.1, 0.15) is 0 Å². The Hall–Kier alpha value is -0.130. The monoisotopic (exact) mass is 222 g/mol. The van der Waals surface area contributed by atoms with E-state index in [0.29, 0.717) is 6.54 Å². The third-order valence-corrected chi connectivity index (χ3v) is 3.31. The maximum atomic E-state index is 11.3. The second kappa shape index (κ2) is 8.20. The van der Waals surface area contributed by atoms with E-state index < -0.39 is 10.0 Å². The van der Waals surface area contributed by atoms with Gasteiger partial charge in [0.15, 0.2) is 0 Å². The van der Waals surface area contributed by atoms with Crippen molar-refractivity contribution in [2.45, 2.75) is 33.1 Å². The molecule has 0 radical (unpaired) electrons. The van der Waals surface area contributed by atoms with Gasteiger partial charge in [-0.3, -0.25) is 0 Å². The van der Waals surface area contributed by atoms with E-state index in [1.165, 1.54) is 0 Å². The number of unbranched alkanes of at least 4 members (excludes halogenated alkanes) is 1. The third-order valence-electron chi connectivity index (χ3n) is 1.84. The fourth-order valence-electron chi connectivity index (χ4n) is 1.05. The lowest BCUT2D eigenvalue weighted by molar-refractivity contribution is 0.574. The van der Waals surface area contributed by atoms with Gasteiger partial charge in [-0.1, -0.05) is 13.8 Å². The summed E-state index contributed by atoms with van der Waals surface area (Å²) in [6.07, 6.45) is 2.49. The smallest absolute Gasteiger partial charge is 0.211 e. The maximum absolute atomic E-state index is 11.3. The molecule has 0 aromatic carbocycles. The predicted molar refractivity (Wildman–Crippen MR) is 59.9 cm³/mol. The molecule has 0 atom stereocenters. The quantitative estimate of drug-likeness (QED) is 0.565. The summed E-state index contributed by atoms with van der Waals surface area (Å²) in [4.78, 5) is 0. The Kier molecular flexibility index (Phi) is 8.12. The normalized spacial score (nSPS) is 11.9. The highest BCUT2D eigenvalue weighted by molar-refractivity contribution is 7.89. The zero-order valence-corrected chi connectivity index (χ0v) is 9.99. The summed E-state index contributed by atoms with van der Waals surface area (Å²) in [7, 11) is -3.01. The molecule has 0 aliphatic carbocycles. The molecule has 0 aromatic rings. The predicted octanol–water partition coefficient (Wildman–Crippen LogP) is 0.706. The summed E-state index contributed by atoms with van der Waals surface area (Å²) in [6.45, 7) is 6.39. The van der Waals surface area contributed by atoms with E-state index in [4.69, 9.17) is 0 Å². The van der Waals surface area contributed by atoms with Gasteiger partial charge in [0, 0.05) is 6.54 Å². The topological polar surface area (TPSA) is 58.2 Å². The van der Waals surface area contributed by atoms with Crippen LogP contribution >= 0.6 is 0 Å².